The van der Waals surface area contributed by atoms with Crippen molar-refractivity contribution in [2.45, 2.75) is 13.1 Å². The van der Waals surface area contributed by atoms with Gasteiger partial charge in [-0.1, -0.05) is 0 Å². The van der Waals surface area contributed by atoms with Crippen molar-refractivity contribution in [2.75, 3.05) is 28.2 Å². The van der Waals surface area contributed by atoms with Gasteiger partial charge in [0.05, 0.1) is 0 Å². The summed E-state index contributed by atoms with van der Waals surface area (Å²) in [4.78, 5) is 4.41. The number of rotatable bonds is 6. The van der Waals surface area contributed by atoms with Gasteiger partial charge in [-0.05, 0) is 0 Å². The van der Waals surface area contributed by atoms with Crippen LogP contribution in [-0.4, -0.2) is 53.2 Å². The van der Waals surface area contributed by atoms with Gasteiger partial charge in [-0.25, -0.2) is 0 Å². The molecule has 2 nitrogen and oxygen atoms in total. The molecule has 0 spiro atoms. The maximum absolute atomic E-state index is 7.06. The van der Waals surface area contributed by atoms with Crippen molar-refractivity contribution in [2.24, 2.45) is 0 Å². The van der Waals surface area contributed by atoms with Crippen LogP contribution in [0.3, 0.4) is 0 Å². The van der Waals surface area contributed by atoms with Gasteiger partial charge in [-0.2, -0.15) is 0 Å². The molecule has 2 rings (SSSR count). The van der Waals surface area contributed by atoms with Gasteiger partial charge in [-0.15, -0.1) is 0 Å². The first-order chi connectivity index (χ1) is 10.5. The van der Waals surface area contributed by atoms with E-state index >= 15 is 0 Å². The van der Waals surface area contributed by atoms with Crippen LogP contribution in [0, 0.1) is 0 Å². The number of hydrogen-bond acceptors (Lipinski definition) is 2. The van der Waals surface area contributed by atoms with Crippen molar-refractivity contribution in [3.63, 3.8) is 0 Å². The van der Waals surface area contributed by atoms with Crippen LogP contribution < -0.4 is 8.24 Å². The van der Waals surface area contributed by atoms with Crippen LogP contribution in [0.1, 0.15) is 11.1 Å². The molecule has 0 radical (unpaired) electrons. The fourth-order valence-electron chi connectivity index (χ4n) is 2.70. The van der Waals surface area contributed by atoms with Crippen molar-refractivity contribution in [3.8, 4) is 0 Å². The number of hydrogen-bond donors (Lipinski definition) is 0. The first-order valence-corrected chi connectivity index (χ1v) is 13.2. The second-order valence-corrected chi connectivity index (χ2v) is 12.6. The summed E-state index contributed by atoms with van der Waals surface area (Å²) in [6.07, 6.45) is 0. The summed E-state index contributed by atoms with van der Waals surface area (Å²) in [5, 5.41) is 0. The van der Waals surface area contributed by atoms with Gasteiger partial charge < -0.3 is 0 Å². The van der Waals surface area contributed by atoms with E-state index in [1.807, 2.05) is 0 Å². The van der Waals surface area contributed by atoms with Crippen molar-refractivity contribution >= 4 is 33.1 Å². The minimum atomic E-state index is -2.25. The van der Waals surface area contributed by atoms with Crippen LogP contribution >= 0.6 is 9.64 Å². The average molecular weight is 374 g/mol. The molecule has 2 aromatic rings. The second-order valence-electron chi connectivity index (χ2n) is 6.24. The minimum absolute atomic E-state index is 0.945. The summed E-state index contributed by atoms with van der Waals surface area (Å²) in [6.45, 7) is 1.89. The molecule has 0 bridgehead atoms. The van der Waals surface area contributed by atoms with Crippen LogP contribution in [0.5, 0.6) is 0 Å². The maximum atomic E-state index is 7.06. The Balaban J connectivity index is 2.38. The van der Waals surface area contributed by atoms with E-state index in [4.69, 9.17) is 9.64 Å². The quantitative estimate of drug-likeness (QED) is 0.716. The Labute approximate surface area is 143 Å². The summed E-state index contributed by atoms with van der Waals surface area (Å²) >= 11 is -2.25. The molecule has 0 N–H and O–H groups in total. The van der Waals surface area contributed by atoms with Crippen LogP contribution in [0.4, 0.5) is 0 Å². The van der Waals surface area contributed by atoms with Gasteiger partial charge in [0, 0.05) is 0 Å². The van der Waals surface area contributed by atoms with Crippen LogP contribution in [0.25, 0.3) is 0 Å². The molecule has 0 fully saturated rings. The molecule has 0 amide bonds. The van der Waals surface area contributed by atoms with E-state index in [2.05, 4.69) is 86.5 Å². The molecule has 2 aromatic carbocycles. The normalized spacial score (nSPS) is 11.2. The number of halogens is 1. The zero-order chi connectivity index (χ0) is 16.1. The average Bonchev–Trinajstić information content (AvgIpc) is 2.46. The Morgan fingerprint density at radius 2 is 1.09 bits per heavy atom. The molecule has 0 aliphatic rings. The van der Waals surface area contributed by atoms with Crippen LogP contribution in [0.15, 0.2) is 48.5 Å². The third kappa shape index (κ3) is 4.64. The molecule has 0 unspecified atom stereocenters. The molecule has 0 aromatic heterocycles. The molecule has 0 heterocycles. The predicted octanol–water partition coefficient (Wildman–Crippen LogP) is 2.15. The fraction of sp³-hybridized carbons (Fsp3) is 0.333. The topological polar surface area (TPSA) is 6.48 Å². The van der Waals surface area contributed by atoms with E-state index in [-0.39, 0.29) is 0 Å². The van der Waals surface area contributed by atoms with E-state index in [1.54, 1.807) is 0 Å². The van der Waals surface area contributed by atoms with Gasteiger partial charge >= 0.3 is 144 Å². The summed E-state index contributed by atoms with van der Waals surface area (Å²) in [7, 11) is 15.5. The molecule has 116 valence electrons. The van der Waals surface area contributed by atoms with Crippen molar-refractivity contribution in [1.82, 2.24) is 9.80 Å². The molecular formula is C18H24ClGaN2. The molecular weight excluding hydrogens is 349 g/mol. The Bertz CT molecular complexity index is 560. The Kier molecular flexibility index (Phi) is 6.60. The summed E-state index contributed by atoms with van der Waals surface area (Å²) < 4.78 is 2.77. The van der Waals surface area contributed by atoms with Gasteiger partial charge in [0.15, 0.2) is 0 Å². The Morgan fingerprint density at radius 3 is 1.45 bits per heavy atom. The van der Waals surface area contributed by atoms with Gasteiger partial charge in [0.1, 0.15) is 0 Å². The fourth-order valence-corrected chi connectivity index (χ4v) is 8.94. The first kappa shape index (κ1) is 17.6. The SMILES string of the molecule is CN(C)Cc1cccc[c]1[Ga]([Cl])[c]1ccccc1CN(C)C. The van der Waals surface area contributed by atoms with E-state index in [0.717, 1.165) is 13.1 Å². The van der Waals surface area contributed by atoms with Gasteiger partial charge in [0.25, 0.3) is 0 Å². The zero-order valence-electron chi connectivity index (χ0n) is 13.9. The molecule has 0 atom stereocenters. The molecule has 22 heavy (non-hydrogen) atoms. The van der Waals surface area contributed by atoms with Crippen LogP contribution in [0.2, 0.25) is 0 Å². The monoisotopic (exact) mass is 372 g/mol. The summed E-state index contributed by atoms with van der Waals surface area (Å²) in [5.74, 6) is 0. The third-order valence-electron chi connectivity index (χ3n) is 3.63. The second kappa shape index (κ2) is 8.23. The number of benzene rings is 2. The number of nitrogens with zero attached hydrogens (tertiary/aromatic N) is 2. The summed E-state index contributed by atoms with van der Waals surface area (Å²) in [6, 6.07) is 17.3. The van der Waals surface area contributed by atoms with E-state index in [0.29, 0.717) is 0 Å². The van der Waals surface area contributed by atoms with Crippen molar-refractivity contribution < 1.29 is 0 Å². The van der Waals surface area contributed by atoms with Crippen molar-refractivity contribution in [3.05, 3.63) is 59.7 Å². The van der Waals surface area contributed by atoms with E-state index in [9.17, 15) is 0 Å². The van der Waals surface area contributed by atoms with Crippen LogP contribution in [-0.2, 0) is 13.1 Å². The zero-order valence-corrected chi connectivity index (χ0v) is 17.1. The van der Waals surface area contributed by atoms with Gasteiger partial charge in [0.2, 0.25) is 0 Å². The Hall–Kier alpha value is -0.714. The summed E-state index contributed by atoms with van der Waals surface area (Å²) in [5.41, 5.74) is 2.74. The molecule has 4 heteroatoms. The third-order valence-corrected chi connectivity index (χ3v) is 10.7. The molecule has 0 saturated carbocycles. The van der Waals surface area contributed by atoms with Crippen molar-refractivity contribution in [1.29, 1.82) is 0 Å². The molecule has 0 aliphatic carbocycles. The molecule has 0 aliphatic heterocycles. The van der Waals surface area contributed by atoms with E-state index in [1.165, 1.54) is 19.4 Å². The van der Waals surface area contributed by atoms with E-state index < -0.39 is 15.2 Å². The molecule has 0 saturated heterocycles. The predicted molar refractivity (Wildman–Crippen MR) is 98.5 cm³/mol. The Morgan fingerprint density at radius 1 is 0.727 bits per heavy atom. The van der Waals surface area contributed by atoms with Gasteiger partial charge in [-0.3, -0.25) is 0 Å². The standard InChI is InChI=1S/2C9H12N.ClH.Ga/c2*1-10(2)8-9-6-4-3-5-7-9;;/h2*3-6H,8H2,1-2H3;1H;/q;;;+1/p-1. The first-order valence-electron chi connectivity index (χ1n) is 7.58.